The monoisotopic (exact) mass is 321 g/mol. The summed E-state index contributed by atoms with van der Waals surface area (Å²) in [5, 5.41) is 2.09. The molecule has 3 aromatic rings. The SMILES string of the molecule is COc1ccc2c(c1)nc(CCCl)n2CCc1cscn1. The number of fused-ring (bicyclic) bond motifs is 1. The number of methoxy groups -OCH3 is 1. The van der Waals surface area contributed by atoms with Gasteiger partial charge in [-0.3, -0.25) is 0 Å². The first-order valence-corrected chi connectivity index (χ1v) is 8.25. The van der Waals surface area contributed by atoms with Gasteiger partial charge in [0.05, 0.1) is 29.3 Å². The predicted octanol–water partition coefficient (Wildman–Crippen LogP) is 3.53. The van der Waals surface area contributed by atoms with E-state index in [1.165, 1.54) is 0 Å². The van der Waals surface area contributed by atoms with Crippen molar-refractivity contribution in [3.63, 3.8) is 0 Å². The minimum absolute atomic E-state index is 0.567. The summed E-state index contributed by atoms with van der Waals surface area (Å²) in [4.78, 5) is 9.03. The fraction of sp³-hybridized carbons (Fsp3) is 0.333. The average molecular weight is 322 g/mol. The Hall–Kier alpha value is -1.59. The van der Waals surface area contributed by atoms with Crippen molar-refractivity contribution in [2.45, 2.75) is 19.4 Å². The van der Waals surface area contributed by atoms with E-state index in [9.17, 15) is 0 Å². The number of imidazole rings is 1. The smallest absolute Gasteiger partial charge is 0.121 e. The summed E-state index contributed by atoms with van der Waals surface area (Å²) in [6.45, 7) is 0.860. The minimum Gasteiger partial charge on any atom is -0.497 e. The van der Waals surface area contributed by atoms with Gasteiger partial charge in [-0.1, -0.05) is 0 Å². The first-order chi connectivity index (χ1) is 10.3. The number of benzene rings is 1. The quantitative estimate of drug-likeness (QED) is 0.652. The number of rotatable bonds is 6. The van der Waals surface area contributed by atoms with E-state index in [-0.39, 0.29) is 0 Å². The van der Waals surface area contributed by atoms with Gasteiger partial charge in [0.2, 0.25) is 0 Å². The molecular formula is C15H16ClN3OS. The van der Waals surface area contributed by atoms with Crippen LogP contribution in [-0.4, -0.2) is 27.5 Å². The van der Waals surface area contributed by atoms with Crippen LogP contribution in [0.5, 0.6) is 5.75 Å². The van der Waals surface area contributed by atoms with Crippen LogP contribution >= 0.6 is 22.9 Å². The van der Waals surface area contributed by atoms with Crippen LogP contribution < -0.4 is 4.74 Å². The summed E-state index contributed by atoms with van der Waals surface area (Å²) in [5.74, 6) is 2.41. The fourth-order valence-electron chi connectivity index (χ4n) is 2.40. The molecule has 2 aromatic heterocycles. The van der Waals surface area contributed by atoms with Crippen molar-refractivity contribution < 1.29 is 4.74 Å². The number of nitrogens with zero attached hydrogens (tertiary/aromatic N) is 3. The fourth-order valence-corrected chi connectivity index (χ4v) is 3.16. The van der Waals surface area contributed by atoms with Crippen molar-refractivity contribution in [3.05, 3.63) is 40.6 Å². The zero-order chi connectivity index (χ0) is 14.7. The molecule has 21 heavy (non-hydrogen) atoms. The number of alkyl halides is 1. The lowest BCUT2D eigenvalue weighted by Crippen LogP contribution is -2.07. The number of aryl methyl sites for hydroxylation is 3. The molecule has 0 atom stereocenters. The van der Waals surface area contributed by atoms with E-state index in [4.69, 9.17) is 21.3 Å². The van der Waals surface area contributed by atoms with Crippen LogP contribution in [0.4, 0.5) is 0 Å². The van der Waals surface area contributed by atoms with Gasteiger partial charge in [0.15, 0.2) is 0 Å². The van der Waals surface area contributed by atoms with Gasteiger partial charge in [0, 0.05) is 36.7 Å². The first kappa shape index (κ1) is 14.4. The van der Waals surface area contributed by atoms with Crippen LogP contribution in [0.15, 0.2) is 29.1 Å². The van der Waals surface area contributed by atoms with Gasteiger partial charge in [-0.05, 0) is 12.1 Å². The number of hydrogen-bond acceptors (Lipinski definition) is 4. The first-order valence-electron chi connectivity index (χ1n) is 6.78. The summed E-state index contributed by atoms with van der Waals surface area (Å²) in [7, 11) is 1.67. The average Bonchev–Trinajstić information content (AvgIpc) is 3.12. The number of thiazole rings is 1. The zero-order valence-electron chi connectivity index (χ0n) is 11.8. The van der Waals surface area contributed by atoms with Crippen LogP contribution in [0.25, 0.3) is 11.0 Å². The highest BCUT2D eigenvalue weighted by Crippen LogP contribution is 2.22. The second-order valence-electron chi connectivity index (χ2n) is 4.70. The highest BCUT2D eigenvalue weighted by molar-refractivity contribution is 7.07. The Kier molecular flexibility index (Phi) is 4.41. The molecule has 110 valence electrons. The molecule has 0 saturated carbocycles. The number of ether oxygens (including phenoxy) is 1. The maximum absolute atomic E-state index is 5.91. The second-order valence-corrected chi connectivity index (χ2v) is 5.80. The van der Waals surface area contributed by atoms with Gasteiger partial charge >= 0.3 is 0 Å². The molecule has 0 fully saturated rings. The van der Waals surface area contributed by atoms with Gasteiger partial charge in [0.25, 0.3) is 0 Å². The number of aromatic nitrogens is 3. The Morgan fingerprint density at radius 1 is 1.33 bits per heavy atom. The molecule has 0 unspecified atom stereocenters. The Bertz CT molecular complexity index is 724. The third kappa shape index (κ3) is 3.04. The molecule has 1 aromatic carbocycles. The summed E-state index contributed by atoms with van der Waals surface area (Å²) >= 11 is 7.53. The maximum atomic E-state index is 5.91. The number of hydrogen-bond donors (Lipinski definition) is 0. The summed E-state index contributed by atoms with van der Waals surface area (Å²) in [6.07, 6.45) is 1.66. The van der Waals surface area contributed by atoms with E-state index in [0.717, 1.165) is 47.7 Å². The maximum Gasteiger partial charge on any atom is 0.121 e. The largest absolute Gasteiger partial charge is 0.497 e. The van der Waals surface area contributed by atoms with Gasteiger partial charge in [-0.15, -0.1) is 22.9 Å². The van der Waals surface area contributed by atoms with Gasteiger partial charge in [0.1, 0.15) is 11.6 Å². The Labute approximate surface area is 132 Å². The molecule has 0 bridgehead atoms. The lowest BCUT2D eigenvalue weighted by Gasteiger charge is -2.07. The van der Waals surface area contributed by atoms with E-state index < -0.39 is 0 Å². The topological polar surface area (TPSA) is 39.9 Å². The van der Waals surface area contributed by atoms with E-state index in [2.05, 4.69) is 21.0 Å². The third-order valence-electron chi connectivity index (χ3n) is 3.43. The molecule has 0 radical (unpaired) electrons. The van der Waals surface area contributed by atoms with E-state index in [1.54, 1.807) is 18.4 Å². The van der Waals surface area contributed by atoms with E-state index in [0.29, 0.717) is 5.88 Å². The number of halogens is 1. The molecule has 6 heteroatoms. The summed E-state index contributed by atoms with van der Waals surface area (Å²) < 4.78 is 7.50. The van der Waals surface area contributed by atoms with Crippen molar-refractivity contribution >= 4 is 34.0 Å². The molecule has 3 rings (SSSR count). The molecule has 0 aliphatic heterocycles. The normalized spacial score (nSPS) is 11.1. The molecule has 0 amide bonds. The predicted molar refractivity (Wildman–Crippen MR) is 86.5 cm³/mol. The standard InChI is InChI=1S/C15H16ClN3OS/c1-20-12-2-3-14-13(8-12)18-15(4-6-16)19(14)7-5-11-9-21-10-17-11/h2-3,8-10H,4-7H2,1H3. The van der Waals surface area contributed by atoms with Crippen molar-refractivity contribution in [2.24, 2.45) is 0 Å². The molecule has 0 aliphatic carbocycles. The molecule has 4 nitrogen and oxygen atoms in total. The highest BCUT2D eigenvalue weighted by atomic mass is 35.5. The Morgan fingerprint density at radius 3 is 2.95 bits per heavy atom. The molecule has 2 heterocycles. The van der Waals surface area contributed by atoms with Crippen LogP contribution in [0.1, 0.15) is 11.5 Å². The summed E-state index contributed by atoms with van der Waals surface area (Å²) in [5.41, 5.74) is 5.05. The van der Waals surface area contributed by atoms with Gasteiger partial charge < -0.3 is 9.30 Å². The Morgan fingerprint density at radius 2 is 2.24 bits per heavy atom. The van der Waals surface area contributed by atoms with Crippen LogP contribution in [0.2, 0.25) is 0 Å². The molecule has 0 spiro atoms. The Balaban J connectivity index is 1.95. The second kappa shape index (κ2) is 6.45. The van der Waals surface area contributed by atoms with Crippen molar-refractivity contribution in [2.75, 3.05) is 13.0 Å². The zero-order valence-corrected chi connectivity index (χ0v) is 13.3. The lowest BCUT2D eigenvalue weighted by molar-refractivity contribution is 0.415. The molecule has 0 aliphatic rings. The van der Waals surface area contributed by atoms with Crippen LogP contribution in [0, 0.1) is 0 Å². The highest BCUT2D eigenvalue weighted by Gasteiger charge is 2.11. The molecular weight excluding hydrogens is 306 g/mol. The van der Waals surface area contributed by atoms with Crippen LogP contribution in [0.3, 0.4) is 0 Å². The molecule has 0 saturated heterocycles. The molecule has 0 N–H and O–H groups in total. The lowest BCUT2D eigenvalue weighted by atomic mass is 10.3. The van der Waals surface area contributed by atoms with Crippen molar-refractivity contribution in [1.29, 1.82) is 0 Å². The minimum atomic E-state index is 0.567. The van der Waals surface area contributed by atoms with Crippen LogP contribution in [-0.2, 0) is 19.4 Å². The van der Waals surface area contributed by atoms with Crippen molar-refractivity contribution in [3.8, 4) is 5.75 Å². The van der Waals surface area contributed by atoms with Crippen molar-refractivity contribution in [1.82, 2.24) is 14.5 Å². The van der Waals surface area contributed by atoms with Gasteiger partial charge in [-0.25, -0.2) is 9.97 Å². The summed E-state index contributed by atoms with van der Waals surface area (Å²) in [6, 6.07) is 5.99. The van der Waals surface area contributed by atoms with Gasteiger partial charge in [-0.2, -0.15) is 0 Å². The van der Waals surface area contributed by atoms with E-state index >= 15 is 0 Å². The third-order valence-corrected chi connectivity index (χ3v) is 4.25. The van der Waals surface area contributed by atoms with E-state index in [1.807, 2.05) is 17.6 Å².